The Kier molecular flexibility index (Phi) is 5.54. The van der Waals surface area contributed by atoms with Gasteiger partial charge in [-0.05, 0) is 26.0 Å². The first kappa shape index (κ1) is 16.5. The van der Waals surface area contributed by atoms with E-state index in [-0.39, 0.29) is 37.1 Å². The van der Waals surface area contributed by atoms with Gasteiger partial charge in [0.1, 0.15) is 12.4 Å². The number of nitrogens with one attached hydrogen (secondary N) is 1. The summed E-state index contributed by atoms with van der Waals surface area (Å²) in [6.45, 7) is 5.37. The van der Waals surface area contributed by atoms with E-state index in [0.29, 0.717) is 13.1 Å². The van der Waals surface area contributed by atoms with Crippen LogP contribution in [0, 0.1) is 11.6 Å². The number of morpholine rings is 1. The van der Waals surface area contributed by atoms with Crippen molar-refractivity contribution in [2.75, 3.05) is 26.2 Å². The second kappa shape index (κ2) is 7.40. The van der Waals surface area contributed by atoms with Crippen molar-refractivity contribution in [3.8, 4) is 5.75 Å². The van der Waals surface area contributed by atoms with E-state index >= 15 is 0 Å². The average Bonchev–Trinajstić information content (AvgIpc) is 2.46. The third-order valence-electron chi connectivity index (χ3n) is 3.24. The highest BCUT2D eigenvalue weighted by Gasteiger charge is 2.25. The van der Waals surface area contributed by atoms with Gasteiger partial charge >= 0.3 is 6.03 Å². The third kappa shape index (κ3) is 4.56. The Morgan fingerprint density at radius 1 is 1.32 bits per heavy atom. The third-order valence-corrected chi connectivity index (χ3v) is 3.24. The van der Waals surface area contributed by atoms with Crippen molar-refractivity contribution in [1.29, 1.82) is 0 Å². The van der Waals surface area contributed by atoms with Crippen molar-refractivity contribution in [1.82, 2.24) is 10.2 Å². The maximum atomic E-state index is 13.0. The number of carbonyl (C=O) groups excluding carboxylic acids is 1. The summed E-state index contributed by atoms with van der Waals surface area (Å²) in [6, 6.07) is 3.13. The van der Waals surface area contributed by atoms with Crippen LogP contribution in [0.25, 0.3) is 0 Å². The van der Waals surface area contributed by atoms with Crippen LogP contribution in [0.3, 0.4) is 0 Å². The fraction of sp³-hybridized carbons (Fsp3) is 0.533. The molecule has 22 heavy (non-hydrogen) atoms. The maximum Gasteiger partial charge on any atom is 0.317 e. The molecule has 122 valence electrons. The lowest BCUT2D eigenvalue weighted by atomic mass is 10.2. The monoisotopic (exact) mass is 314 g/mol. The number of hydrogen-bond donors (Lipinski definition) is 1. The zero-order valence-corrected chi connectivity index (χ0v) is 12.6. The topological polar surface area (TPSA) is 50.8 Å². The maximum absolute atomic E-state index is 13.0. The van der Waals surface area contributed by atoms with Gasteiger partial charge in [-0.15, -0.1) is 0 Å². The number of rotatable bonds is 4. The summed E-state index contributed by atoms with van der Waals surface area (Å²) >= 11 is 0. The molecule has 1 aromatic carbocycles. The van der Waals surface area contributed by atoms with Crippen LogP contribution in [-0.2, 0) is 4.74 Å². The fourth-order valence-electron chi connectivity index (χ4n) is 2.35. The Hall–Kier alpha value is -1.89. The molecule has 7 heteroatoms. The number of nitrogens with zero attached hydrogens (tertiary/aromatic N) is 1. The molecule has 1 heterocycles. The normalized spacial score (nSPS) is 21.5. The van der Waals surface area contributed by atoms with Crippen LogP contribution in [0.4, 0.5) is 13.6 Å². The highest BCUT2D eigenvalue weighted by molar-refractivity contribution is 5.74. The second-order valence-corrected chi connectivity index (χ2v) is 5.32. The fourth-order valence-corrected chi connectivity index (χ4v) is 2.35. The summed E-state index contributed by atoms with van der Waals surface area (Å²) in [5, 5.41) is 2.73. The smallest absolute Gasteiger partial charge is 0.317 e. The number of halogens is 2. The minimum atomic E-state index is -0.960. The van der Waals surface area contributed by atoms with Crippen molar-refractivity contribution < 1.29 is 23.0 Å². The van der Waals surface area contributed by atoms with E-state index in [9.17, 15) is 13.6 Å². The summed E-state index contributed by atoms with van der Waals surface area (Å²) in [6.07, 6.45) is 0.0147. The van der Waals surface area contributed by atoms with Gasteiger partial charge in [0.2, 0.25) is 0 Å². The van der Waals surface area contributed by atoms with Gasteiger partial charge in [-0.2, -0.15) is 0 Å². The van der Waals surface area contributed by atoms with Gasteiger partial charge < -0.3 is 19.7 Å². The molecule has 0 saturated carbocycles. The number of amides is 2. The first-order valence-corrected chi connectivity index (χ1v) is 7.22. The van der Waals surface area contributed by atoms with Gasteiger partial charge in [-0.25, -0.2) is 13.6 Å². The molecule has 0 aromatic heterocycles. The minimum absolute atomic E-state index is 0.00735. The average molecular weight is 314 g/mol. The Balaban J connectivity index is 1.71. The first-order chi connectivity index (χ1) is 10.5. The standard InChI is InChI=1S/C15H20F2N2O3/c1-10-8-19(9-11(2)22-10)15(20)18-5-6-21-12-3-4-13(16)14(17)7-12/h3-4,7,10-11H,5-6,8-9H2,1-2H3,(H,18,20). The number of benzene rings is 1. The van der Waals surface area contributed by atoms with Crippen LogP contribution in [-0.4, -0.2) is 49.4 Å². The van der Waals surface area contributed by atoms with Gasteiger partial charge in [-0.3, -0.25) is 0 Å². The van der Waals surface area contributed by atoms with E-state index in [1.807, 2.05) is 13.8 Å². The molecular weight excluding hydrogens is 294 g/mol. The van der Waals surface area contributed by atoms with Crippen LogP contribution in [0.5, 0.6) is 5.75 Å². The zero-order chi connectivity index (χ0) is 16.1. The van der Waals surface area contributed by atoms with E-state index in [2.05, 4.69) is 5.32 Å². The van der Waals surface area contributed by atoms with Crippen molar-refractivity contribution in [2.45, 2.75) is 26.1 Å². The molecule has 0 radical (unpaired) electrons. The van der Waals surface area contributed by atoms with Gasteiger partial charge in [0.05, 0.1) is 18.8 Å². The second-order valence-electron chi connectivity index (χ2n) is 5.32. The predicted molar refractivity (Wildman–Crippen MR) is 76.8 cm³/mol. The highest BCUT2D eigenvalue weighted by Crippen LogP contribution is 2.15. The van der Waals surface area contributed by atoms with Crippen LogP contribution in [0.2, 0.25) is 0 Å². The summed E-state index contributed by atoms with van der Waals surface area (Å²) in [4.78, 5) is 13.7. The summed E-state index contributed by atoms with van der Waals surface area (Å²) < 4.78 is 36.6. The number of hydrogen-bond acceptors (Lipinski definition) is 3. The first-order valence-electron chi connectivity index (χ1n) is 7.22. The SMILES string of the molecule is CC1CN(C(=O)NCCOc2ccc(F)c(F)c2)CC(C)O1. The molecule has 2 unspecified atom stereocenters. The molecule has 5 nitrogen and oxygen atoms in total. The molecule has 1 aromatic rings. The Morgan fingerprint density at radius 2 is 2.00 bits per heavy atom. The molecule has 1 N–H and O–H groups in total. The summed E-state index contributed by atoms with van der Waals surface area (Å²) in [5.41, 5.74) is 0. The molecule has 1 aliphatic rings. The molecule has 0 spiro atoms. The van der Waals surface area contributed by atoms with E-state index in [1.54, 1.807) is 4.90 Å². The number of urea groups is 1. The minimum Gasteiger partial charge on any atom is -0.492 e. The molecule has 2 rings (SSSR count). The van der Waals surface area contributed by atoms with Gasteiger partial charge in [0, 0.05) is 19.2 Å². The van der Waals surface area contributed by atoms with E-state index in [4.69, 9.17) is 9.47 Å². The largest absolute Gasteiger partial charge is 0.492 e. The van der Waals surface area contributed by atoms with Crippen molar-refractivity contribution >= 4 is 6.03 Å². The van der Waals surface area contributed by atoms with E-state index < -0.39 is 11.6 Å². The predicted octanol–water partition coefficient (Wildman–Crippen LogP) is 2.16. The molecule has 1 saturated heterocycles. The van der Waals surface area contributed by atoms with Crippen LogP contribution >= 0.6 is 0 Å². The molecule has 0 bridgehead atoms. The van der Waals surface area contributed by atoms with Crippen LogP contribution < -0.4 is 10.1 Å². The lowest BCUT2D eigenvalue weighted by molar-refractivity contribution is -0.0545. The quantitative estimate of drug-likeness (QED) is 0.867. The molecule has 2 atom stereocenters. The highest BCUT2D eigenvalue weighted by atomic mass is 19.2. The lowest BCUT2D eigenvalue weighted by Gasteiger charge is -2.35. The molecule has 2 amide bonds. The van der Waals surface area contributed by atoms with Crippen molar-refractivity contribution in [2.24, 2.45) is 0 Å². The Bertz CT molecular complexity index is 518. The number of ether oxygens (including phenoxy) is 2. The van der Waals surface area contributed by atoms with Gasteiger partial charge in [0.25, 0.3) is 0 Å². The summed E-state index contributed by atoms with van der Waals surface area (Å²) in [7, 11) is 0. The molecule has 0 aliphatic carbocycles. The van der Waals surface area contributed by atoms with Crippen LogP contribution in [0.1, 0.15) is 13.8 Å². The lowest BCUT2D eigenvalue weighted by Crippen LogP contribution is -2.52. The van der Waals surface area contributed by atoms with Crippen molar-refractivity contribution in [3.05, 3.63) is 29.8 Å². The number of carbonyl (C=O) groups is 1. The zero-order valence-electron chi connectivity index (χ0n) is 12.6. The van der Waals surface area contributed by atoms with Gasteiger partial charge in [0.15, 0.2) is 11.6 Å². The molecule has 1 aliphatic heterocycles. The Morgan fingerprint density at radius 3 is 2.64 bits per heavy atom. The van der Waals surface area contributed by atoms with Gasteiger partial charge in [-0.1, -0.05) is 0 Å². The summed E-state index contributed by atoms with van der Waals surface area (Å²) in [5.74, 6) is -1.66. The molecular formula is C15H20F2N2O3. The van der Waals surface area contributed by atoms with Crippen molar-refractivity contribution in [3.63, 3.8) is 0 Å². The Labute approximate surface area is 128 Å². The van der Waals surface area contributed by atoms with Crippen LogP contribution in [0.15, 0.2) is 18.2 Å². The molecule has 1 fully saturated rings. The van der Waals surface area contributed by atoms with E-state index in [1.165, 1.54) is 6.07 Å². The van der Waals surface area contributed by atoms with E-state index in [0.717, 1.165) is 12.1 Å².